The largest absolute Gasteiger partial charge is 0.208 e. The lowest BCUT2D eigenvalue weighted by molar-refractivity contribution is 1.07. The van der Waals surface area contributed by atoms with Crippen molar-refractivity contribution in [1.82, 2.24) is 59.8 Å². The Morgan fingerprint density at radius 1 is 0.0652 bits per heavy atom. The molecule has 0 atom stereocenters. The van der Waals surface area contributed by atoms with Gasteiger partial charge in [0.1, 0.15) is 0 Å². The number of hydrogen-bond donors (Lipinski definition) is 0. The molecule has 23 aromatic rings. The lowest BCUT2D eigenvalue weighted by Gasteiger charge is -2.12. The van der Waals surface area contributed by atoms with E-state index < -0.39 is 0 Å². The van der Waals surface area contributed by atoms with Gasteiger partial charge in [-0.15, -0.1) is 0 Å². The van der Waals surface area contributed by atoms with E-state index in [0.717, 1.165) is 167 Å². The highest BCUT2D eigenvalue weighted by Crippen LogP contribution is 2.39. The highest BCUT2D eigenvalue weighted by atomic mass is 15.1. The van der Waals surface area contributed by atoms with Crippen molar-refractivity contribution in [2.75, 3.05) is 0 Å². The fraction of sp³-hybridized carbons (Fsp3) is 0. The van der Waals surface area contributed by atoms with Gasteiger partial charge >= 0.3 is 0 Å². The zero-order valence-corrected chi connectivity index (χ0v) is 74.9. The van der Waals surface area contributed by atoms with Gasteiger partial charge in [0, 0.05) is 66.8 Å². The first-order valence-corrected chi connectivity index (χ1v) is 45.9. The topological polar surface area (TPSA) is 155 Å². The van der Waals surface area contributed by atoms with Crippen LogP contribution in [0.15, 0.2) is 510 Å². The monoisotopic (exact) mass is 1760 g/mol. The maximum Gasteiger partial charge on any atom is 0.164 e. The summed E-state index contributed by atoms with van der Waals surface area (Å²) < 4.78 is 0. The Morgan fingerprint density at radius 2 is 0.152 bits per heavy atom. The fourth-order valence-electron chi connectivity index (χ4n) is 17.1. The summed E-state index contributed by atoms with van der Waals surface area (Å²) in [6.45, 7) is 0. The van der Waals surface area contributed by atoms with Crippen LogP contribution in [0.4, 0.5) is 0 Å². The molecule has 0 saturated heterocycles. The Hall–Kier alpha value is -18.8. The molecular formula is C126H84N12. The zero-order valence-electron chi connectivity index (χ0n) is 74.9. The van der Waals surface area contributed by atoms with Crippen LogP contribution in [0.2, 0.25) is 0 Å². The maximum absolute atomic E-state index is 5.13. The number of hydrogen-bond acceptors (Lipinski definition) is 12. The SMILES string of the molecule is c1ccc(-c2ccc(-c3nc(-c4ccccc4)nc(-c4cccc(-c5cccc(-c6cccc(-c7nc(-c8ccc(-c9ccccc9)cc8)nc(-c8ccc(-c9ccccc9)cc8)n7)c6)c5)c4)n3)cc2)cc1.c1ccc(-c2ccc(-c3nc(-c4ccccc4)nc(-c4cccc(-c5cccc(-c6nc(-c7ccc(-c8ccccc8)cc7)nc(-c7ccc(-c8ccccc8)cc7)n6)c5)c4)n3)cc2)cc1. The van der Waals surface area contributed by atoms with Gasteiger partial charge in [-0.1, -0.05) is 479 Å². The summed E-state index contributed by atoms with van der Waals surface area (Å²) in [5, 5.41) is 0. The number of nitrogens with zero attached hydrogens (tertiary/aromatic N) is 12. The molecule has 0 aliphatic carbocycles. The molecule has 19 aromatic carbocycles. The number of aromatic nitrogens is 12. The molecule has 0 radical (unpaired) electrons. The first-order chi connectivity index (χ1) is 68.3. The van der Waals surface area contributed by atoms with Crippen molar-refractivity contribution in [3.8, 4) is 237 Å². The summed E-state index contributed by atoms with van der Waals surface area (Å²) >= 11 is 0. The van der Waals surface area contributed by atoms with E-state index in [1.165, 1.54) is 0 Å². The van der Waals surface area contributed by atoms with Gasteiger partial charge in [-0.25, -0.2) is 59.8 Å². The second-order valence-electron chi connectivity index (χ2n) is 33.5. The van der Waals surface area contributed by atoms with Gasteiger partial charge in [0.15, 0.2) is 69.9 Å². The van der Waals surface area contributed by atoms with E-state index in [4.69, 9.17) is 59.8 Å². The third-order valence-electron chi connectivity index (χ3n) is 24.5. The fourth-order valence-corrected chi connectivity index (χ4v) is 17.1. The Morgan fingerprint density at radius 3 is 0.297 bits per heavy atom. The standard InChI is InChI=1S/C66H44N6.C60H40N6/c1-5-16-45(17-6-1)48-30-36-52(37-31-48)62-67-61(51-22-11-4-12-23-51)69-65(70-62)59-28-14-26-57(43-59)55-24-13-25-56(42-55)58-27-15-29-60(44-58)66-71-63(53-38-32-49(33-39-53)46-18-7-2-8-19-46)68-64(72-66)54-40-34-50(35-41-54)47-20-9-3-10-21-47;1-5-15-41(16-6-1)44-27-33-48(34-28-44)56-61-55(47-21-11-4-12-22-47)63-59(64-56)53-25-13-23-51(39-53)52-24-14-26-54(40-52)60-65-57(49-35-29-45(30-36-49)42-17-7-2-8-18-42)62-58(66-60)50-37-31-46(32-38-50)43-19-9-3-10-20-43/h1-44H;1-40H. The maximum atomic E-state index is 5.13. The van der Waals surface area contributed by atoms with E-state index in [9.17, 15) is 0 Å². The predicted molar refractivity (Wildman–Crippen MR) is 561 cm³/mol. The van der Waals surface area contributed by atoms with Crippen LogP contribution in [0.5, 0.6) is 0 Å². The number of benzene rings is 19. The molecule has 4 aromatic heterocycles. The van der Waals surface area contributed by atoms with Gasteiger partial charge in [0.2, 0.25) is 0 Å². The van der Waals surface area contributed by atoms with Gasteiger partial charge in [0.25, 0.3) is 0 Å². The summed E-state index contributed by atoms with van der Waals surface area (Å²) in [4.78, 5) is 60.9. The molecule has 0 N–H and O–H groups in total. The first-order valence-electron chi connectivity index (χ1n) is 45.9. The van der Waals surface area contributed by atoms with E-state index in [1.807, 2.05) is 97.1 Å². The van der Waals surface area contributed by atoms with Crippen molar-refractivity contribution in [1.29, 1.82) is 0 Å². The molecular weight excluding hydrogens is 1680 g/mol. The quantitative estimate of drug-likeness (QED) is 0.0672. The average Bonchev–Trinajstić information content (AvgIpc) is 0.792. The van der Waals surface area contributed by atoms with Gasteiger partial charge in [-0.3, -0.25) is 0 Å². The summed E-state index contributed by atoms with van der Waals surface area (Å²) in [5.74, 6) is 7.25. The lowest BCUT2D eigenvalue weighted by Crippen LogP contribution is -2.00. The van der Waals surface area contributed by atoms with Crippen LogP contribution in [0.1, 0.15) is 0 Å². The van der Waals surface area contributed by atoms with E-state index >= 15 is 0 Å². The minimum atomic E-state index is 0.583. The molecule has 4 heterocycles. The minimum absolute atomic E-state index is 0.583. The van der Waals surface area contributed by atoms with Crippen LogP contribution in [-0.4, -0.2) is 59.8 Å². The van der Waals surface area contributed by atoms with Gasteiger partial charge in [0.05, 0.1) is 0 Å². The lowest BCUT2D eigenvalue weighted by atomic mass is 9.97. The summed E-state index contributed by atoms with van der Waals surface area (Å²) in [6.07, 6.45) is 0. The zero-order chi connectivity index (χ0) is 92.1. The van der Waals surface area contributed by atoms with E-state index in [2.05, 4.69) is 413 Å². The molecule has 0 spiro atoms. The second-order valence-corrected chi connectivity index (χ2v) is 33.5. The van der Waals surface area contributed by atoms with Crippen molar-refractivity contribution < 1.29 is 0 Å². The molecule has 0 amide bonds. The van der Waals surface area contributed by atoms with Crippen LogP contribution in [0.3, 0.4) is 0 Å². The summed E-state index contributed by atoms with van der Waals surface area (Å²) in [5.41, 5.74) is 30.8. The molecule has 12 nitrogen and oxygen atoms in total. The minimum Gasteiger partial charge on any atom is -0.208 e. The molecule has 23 rings (SSSR count). The molecule has 0 aliphatic rings. The Labute approximate surface area is 800 Å². The highest BCUT2D eigenvalue weighted by molar-refractivity contribution is 5.84. The van der Waals surface area contributed by atoms with Crippen molar-refractivity contribution in [3.63, 3.8) is 0 Å². The average molecular weight is 1770 g/mol. The van der Waals surface area contributed by atoms with Gasteiger partial charge in [-0.2, -0.15) is 0 Å². The summed E-state index contributed by atoms with van der Waals surface area (Å²) in [7, 11) is 0. The Balaban J connectivity index is 0.000000160. The smallest absolute Gasteiger partial charge is 0.164 e. The first kappa shape index (κ1) is 84.7. The highest BCUT2D eigenvalue weighted by Gasteiger charge is 2.22. The third kappa shape index (κ3) is 19.2. The van der Waals surface area contributed by atoms with Crippen LogP contribution in [-0.2, 0) is 0 Å². The molecule has 0 bridgehead atoms. The van der Waals surface area contributed by atoms with Crippen molar-refractivity contribution in [2.24, 2.45) is 0 Å². The molecule has 0 unspecified atom stereocenters. The molecule has 0 aliphatic heterocycles. The van der Waals surface area contributed by atoms with Crippen molar-refractivity contribution in [3.05, 3.63) is 510 Å². The van der Waals surface area contributed by atoms with E-state index in [1.54, 1.807) is 0 Å². The second kappa shape index (κ2) is 39.3. The van der Waals surface area contributed by atoms with Crippen LogP contribution >= 0.6 is 0 Å². The Kier molecular flexibility index (Phi) is 24.2. The molecule has 0 saturated carbocycles. The van der Waals surface area contributed by atoms with Crippen molar-refractivity contribution in [2.45, 2.75) is 0 Å². The van der Waals surface area contributed by atoms with Gasteiger partial charge in [-0.05, 0) is 130 Å². The normalized spacial score (nSPS) is 11.0. The Bertz CT molecular complexity index is 8000. The molecule has 648 valence electrons. The third-order valence-corrected chi connectivity index (χ3v) is 24.5. The molecule has 12 heteroatoms. The van der Waals surface area contributed by atoms with Crippen LogP contribution in [0, 0.1) is 0 Å². The predicted octanol–water partition coefficient (Wildman–Crippen LogP) is 31.1. The van der Waals surface area contributed by atoms with E-state index in [0.29, 0.717) is 69.9 Å². The van der Waals surface area contributed by atoms with E-state index in [-0.39, 0.29) is 0 Å². The molecule has 0 fully saturated rings. The van der Waals surface area contributed by atoms with Gasteiger partial charge < -0.3 is 0 Å². The van der Waals surface area contributed by atoms with Crippen LogP contribution < -0.4 is 0 Å². The molecule has 138 heavy (non-hydrogen) atoms. The van der Waals surface area contributed by atoms with Crippen molar-refractivity contribution >= 4 is 0 Å². The summed E-state index contributed by atoms with van der Waals surface area (Å²) in [6, 6.07) is 175. The van der Waals surface area contributed by atoms with Crippen LogP contribution in [0.25, 0.3) is 237 Å². The number of rotatable bonds is 21.